The molecule has 3 rings (SSSR count). The van der Waals surface area contributed by atoms with E-state index in [4.69, 9.17) is 4.74 Å². The molecule has 7 heteroatoms. The van der Waals surface area contributed by atoms with E-state index in [0.29, 0.717) is 24.6 Å². The van der Waals surface area contributed by atoms with Crippen molar-refractivity contribution in [3.63, 3.8) is 0 Å². The summed E-state index contributed by atoms with van der Waals surface area (Å²) in [5.41, 5.74) is 2.71. The van der Waals surface area contributed by atoms with Gasteiger partial charge in [0.2, 0.25) is 0 Å². The van der Waals surface area contributed by atoms with Crippen molar-refractivity contribution in [3.8, 4) is 5.75 Å². The summed E-state index contributed by atoms with van der Waals surface area (Å²) in [6, 6.07) is 13.6. The third-order valence-corrected chi connectivity index (χ3v) is 4.60. The fourth-order valence-electron chi connectivity index (χ4n) is 2.84. The highest BCUT2D eigenvalue weighted by Crippen LogP contribution is 2.12. The van der Waals surface area contributed by atoms with Gasteiger partial charge in [0.15, 0.2) is 0 Å². The number of anilines is 1. The molecular formula is C22H25N5O2. The van der Waals surface area contributed by atoms with E-state index in [9.17, 15) is 4.79 Å². The number of benzene rings is 1. The smallest absolute Gasteiger partial charge is 0.272 e. The SMILES string of the molecule is COc1ccc(CCNc2cc(C(=O)N(C)CCc3ccncc3)ncn2)cc1. The van der Waals surface area contributed by atoms with Gasteiger partial charge in [0, 0.05) is 38.6 Å². The average Bonchev–Trinajstić information content (AvgIpc) is 2.78. The maximum Gasteiger partial charge on any atom is 0.272 e. The normalized spacial score (nSPS) is 10.4. The van der Waals surface area contributed by atoms with Crippen LogP contribution in [0.1, 0.15) is 21.6 Å². The molecule has 3 aromatic rings. The summed E-state index contributed by atoms with van der Waals surface area (Å²) in [6.45, 7) is 1.31. The van der Waals surface area contributed by atoms with Crippen LogP contribution >= 0.6 is 0 Å². The number of amides is 1. The molecule has 29 heavy (non-hydrogen) atoms. The summed E-state index contributed by atoms with van der Waals surface area (Å²) in [6.07, 6.45) is 6.53. The standard InChI is InChI=1S/C22H25N5O2/c1-27(14-10-18-7-11-23-12-8-18)22(28)20-15-21(26-16-25-20)24-13-9-17-3-5-19(29-2)6-4-17/h3-8,11-12,15-16H,9-10,13-14H2,1-2H3,(H,24,25,26). The van der Waals surface area contributed by atoms with Gasteiger partial charge < -0.3 is 15.0 Å². The number of carbonyl (C=O) groups is 1. The van der Waals surface area contributed by atoms with Gasteiger partial charge in [0.05, 0.1) is 7.11 Å². The number of likely N-dealkylation sites (N-methyl/N-ethyl adjacent to an activating group) is 1. The zero-order chi connectivity index (χ0) is 20.5. The number of rotatable bonds is 9. The number of ether oxygens (including phenoxy) is 1. The van der Waals surface area contributed by atoms with Gasteiger partial charge in [0.25, 0.3) is 5.91 Å². The molecule has 2 aromatic heterocycles. The number of hydrogen-bond donors (Lipinski definition) is 1. The predicted octanol–water partition coefficient (Wildman–Crippen LogP) is 2.85. The van der Waals surface area contributed by atoms with Crippen molar-refractivity contribution < 1.29 is 9.53 Å². The van der Waals surface area contributed by atoms with E-state index in [1.165, 1.54) is 11.9 Å². The lowest BCUT2D eigenvalue weighted by molar-refractivity contribution is 0.0790. The molecule has 0 saturated heterocycles. The topological polar surface area (TPSA) is 80.2 Å². The molecule has 0 fully saturated rings. The summed E-state index contributed by atoms with van der Waals surface area (Å²) in [7, 11) is 3.43. The molecule has 0 aliphatic heterocycles. The number of nitrogens with zero attached hydrogens (tertiary/aromatic N) is 4. The lowest BCUT2D eigenvalue weighted by Crippen LogP contribution is -2.29. The van der Waals surface area contributed by atoms with Crippen molar-refractivity contribution in [2.24, 2.45) is 0 Å². The number of nitrogens with one attached hydrogen (secondary N) is 1. The van der Waals surface area contributed by atoms with Crippen molar-refractivity contribution in [3.05, 3.63) is 78.0 Å². The molecule has 150 valence electrons. The second-order valence-electron chi connectivity index (χ2n) is 6.65. The minimum atomic E-state index is -0.125. The summed E-state index contributed by atoms with van der Waals surface area (Å²) in [5.74, 6) is 1.35. The Labute approximate surface area is 170 Å². The number of hydrogen-bond acceptors (Lipinski definition) is 6. The minimum Gasteiger partial charge on any atom is -0.497 e. The molecule has 0 radical (unpaired) electrons. The van der Waals surface area contributed by atoms with Crippen LogP contribution in [0.25, 0.3) is 0 Å². The van der Waals surface area contributed by atoms with Crippen molar-refractivity contribution in [1.29, 1.82) is 0 Å². The maximum atomic E-state index is 12.7. The Morgan fingerprint density at radius 3 is 2.48 bits per heavy atom. The highest BCUT2D eigenvalue weighted by atomic mass is 16.5. The first-order chi connectivity index (χ1) is 14.2. The fraction of sp³-hybridized carbons (Fsp3) is 0.273. The van der Waals surface area contributed by atoms with Crippen molar-refractivity contribution >= 4 is 11.7 Å². The number of carbonyl (C=O) groups excluding carboxylic acids is 1. The van der Waals surface area contributed by atoms with Crippen LogP contribution in [0, 0.1) is 0 Å². The Kier molecular flexibility index (Phi) is 7.10. The van der Waals surface area contributed by atoms with Gasteiger partial charge in [0.1, 0.15) is 23.6 Å². The van der Waals surface area contributed by atoms with Gasteiger partial charge in [-0.1, -0.05) is 12.1 Å². The third-order valence-electron chi connectivity index (χ3n) is 4.60. The van der Waals surface area contributed by atoms with Crippen LogP contribution in [0.15, 0.2) is 61.2 Å². The van der Waals surface area contributed by atoms with E-state index in [1.54, 1.807) is 37.5 Å². The molecule has 1 N–H and O–H groups in total. The molecule has 7 nitrogen and oxygen atoms in total. The van der Waals surface area contributed by atoms with Crippen molar-refractivity contribution in [1.82, 2.24) is 19.9 Å². The Bertz CT molecular complexity index is 916. The molecule has 1 aromatic carbocycles. The van der Waals surface area contributed by atoms with Crippen molar-refractivity contribution in [2.75, 3.05) is 32.6 Å². The maximum absolute atomic E-state index is 12.7. The predicted molar refractivity (Wildman–Crippen MR) is 112 cm³/mol. The number of methoxy groups -OCH3 is 1. The van der Waals surface area contributed by atoms with E-state index in [0.717, 1.165) is 24.2 Å². The zero-order valence-electron chi connectivity index (χ0n) is 16.7. The quantitative estimate of drug-likeness (QED) is 0.604. The third kappa shape index (κ3) is 6.00. The average molecular weight is 391 g/mol. The zero-order valence-corrected chi connectivity index (χ0v) is 16.7. The molecule has 0 aliphatic rings. The van der Waals surface area contributed by atoms with Gasteiger partial charge in [-0.25, -0.2) is 9.97 Å². The van der Waals surface area contributed by atoms with E-state index < -0.39 is 0 Å². The molecule has 0 bridgehead atoms. The highest BCUT2D eigenvalue weighted by Gasteiger charge is 2.14. The van der Waals surface area contributed by atoms with Crippen LogP contribution in [-0.2, 0) is 12.8 Å². The molecule has 0 saturated carbocycles. The summed E-state index contributed by atoms with van der Waals surface area (Å²) in [4.78, 5) is 26.7. The van der Waals surface area contributed by atoms with E-state index in [-0.39, 0.29) is 5.91 Å². The Balaban J connectivity index is 1.51. The first-order valence-electron chi connectivity index (χ1n) is 9.49. The lowest BCUT2D eigenvalue weighted by Gasteiger charge is -2.17. The van der Waals surface area contributed by atoms with Gasteiger partial charge in [-0.3, -0.25) is 9.78 Å². The second kappa shape index (κ2) is 10.2. The van der Waals surface area contributed by atoms with Crippen LogP contribution in [0.5, 0.6) is 5.75 Å². The largest absolute Gasteiger partial charge is 0.497 e. The monoisotopic (exact) mass is 391 g/mol. The first kappa shape index (κ1) is 20.3. The first-order valence-corrected chi connectivity index (χ1v) is 9.49. The fourth-order valence-corrected chi connectivity index (χ4v) is 2.84. The van der Waals surface area contributed by atoms with Crippen LogP contribution in [0.4, 0.5) is 5.82 Å². The molecule has 0 atom stereocenters. The van der Waals surface area contributed by atoms with Gasteiger partial charge in [-0.2, -0.15) is 0 Å². The minimum absolute atomic E-state index is 0.125. The van der Waals surface area contributed by atoms with Crippen molar-refractivity contribution in [2.45, 2.75) is 12.8 Å². The van der Waals surface area contributed by atoms with Crippen LogP contribution < -0.4 is 10.1 Å². The molecule has 0 aliphatic carbocycles. The highest BCUT2D eigenvalue weighted by molar-refractivity contribution is 5.92. The number of aromatic nitrogens is 3. The van der Waals surface area contributed by atoms with Crippen LogP contribution in [-0.4, -0.2) is 53.0 Å². The Hall–Kier alpha value is -3.48. The van der Waals surface area contributed by atoms with Gasteiger partial charge in [-0.05, 0) is 48.2 Å². The van der Waals surface area contributed by atoms with Crippen LogP contribution in [0.3, 0.4) is 0 Å². The van der Waals surface area contributed by atoms with Gasteiger partial charge in [-0.15, -0.1) is 0 Å². The molecule has 0 unspecified atom stereocenters. The lowest BCUT2D eigenvalue weighted by atomic mass is 10.1. The Morgan fingerprint density at radius 2 is 1.76 bits per heavy atom. The molecule has 1 amide bonds. The molecule has 0 spiro atoms. The summed E-state index contributed by atoms with van der Waals surface area (Å²) < 4.78 is 5.17. The van der Waals surface area contributed by atoms with Crippen LogP contribution in [0.2, 0.25) is 0 Å². The molecule has 2 heterocycles. The number of pyridine rings is 1. The molecular weight excluding hydrogens is 366 g/mol. The van der Waals surface area contributed by atoms with Gasteiger partial charge >= 0.3 is 0 Å². The Morgan fingerprint density at radius 1 is 1.03 bits per heavy atom. The van der Waals surface area contributed by atoms with E-state index in [2.05, 4.69) is 20.3 Å². The summed E-state index contributed by atoms with van der Waals surface area (Å²) >= 11 is 0. The summed E-state index contributed by atoms with van der Waals surface area (Å²) in [5, 5.41) is 3.25. The van der Waals surface area contributed by atoms with E-state index in [1.807, 2.05) is 36.4 Å². The second-order valence-corrected chi connectivity index (χ2v) is 6.65. The van der Waals surface area contributed by atoms with E-state index >= 15 is 0 Å².